The van der Waals surface area contributed by atoms with E-state index in [0.29, 0.717) is 36.1 Å². The number of nitrogen functional groups attached to an aromatic ring is 1. The molecule has 2 aromatic rings. The summed E-state index contributed by atoms with van der Waals surface area (Å²) in [6.45, 7) is 2.08. The van der Waals surface area contributed by atoms with Gasteiger partial charge < -0.3 is 10.8 Å². The van der Waals surface area contributed by atoms with Crippen LogP contribution < -0.4 is 5.73 Å². The number of carbonyl (C=O) groups excluding carboxylic acids is 1. The molecular formula is C14H16FN3O2. The molecule has 0 aliphatic heterocycles. The average Bonchev–Trinajstić information content (AvgIpc) is 2.76. The van der Waals surface area contributed by atoms with E-state index in [4.69, 9.17) is 10.8 Å². The third kappa shape index (κ3) is 2.55. The number of halogens is 1. The van der Waals surface area contributed by atoms with Crippen LogP contribution in [0.15, 0.2) is 18.2 Å². The molecule has 6 heteroatoms. The molecule has 1 aromatic carbocycles. The fraction of sp³-hybridized carbons (Fsp3) is 0.286. The van der Waals surface area contributed by atoms with Crippen LogP contribution in [0, 0.1) is 12.7 Å². The summed E-state index contributed by atoms with van der Waals surface area (Å²) in [4.78, 5) is 11.2. The summed E-state index contributed by atoms with van der Waals surface area (Å²) in [6, 6.07) is 4.52. The summed E-state index contributed by atoms with van der Waals surface area (Å²) in [7, 11) is 0. The van der Waals surface area contributed by atoms with Gasteiger partial charge in [-0.15, -0.1) is 0 Å². The molecule has 0 saturated heterocycles. The van der Waals surface area contributed by atoms with Crippen LogP contribution in [0.5, 0.6) is 0 Å². The summed E-state index contributed by atoms with van der Waals surface area (Å²) >= 11 is 0. The number of nitrogens with zero attached hydrogens (tertiary/aromatic N) is 2. The topological polar surface area (TPSA) is 81.1 Å². The predicted octanol–water partition coefficient (Wildman–Crippen LogP) is 1.77. The van der Waals surface area contributed by atoms with Crippen molar-refractivity contribution in [1.29, 1.82) is 0 Å². The summed E-state index contributed by atoms with van der Waals surface area (Å²) in [6.07, 6.45) is 1.14. The van der Waals surface area contributed by atoms with Gasteiger partial charge in [0.15, 0.2) is 6.29 Å². The maximum atomic E-state index is 13.3. The van der Waals surface area contributed by atoms with E-state index >= 15 is 0 Å². The van der Waals surface area contributed by atoms with Gasteiger partial charge in [0.1, 0.15) is 17.3 Å². The highest BCUT2D eigenvalue weighted by atomic mass is 19.1. The number of benzene rings is 1. The van der Waals surface area contributed by atoms with Crippen molar-refractivity contribution in [1.82, 2.24) is 9.78 Å². The Balaban J connectivity index is 2.49. The number of aryl methyl sites for hydroxylation is 2. The zero-order valence-electron chi connectivity index (χ0n) is 11.1. The molecule has 0 saturated carbocycles. The molecule has 0 unspecified atom stereocenters. The van der Waals surface area contributed by atoms with Gasteiger partial charge in [-0.3, -0.25) is 4.79 Å². The molecule has 0 fully saturated rings. The first-order valence-electron chi connectivity index (χ1n) is 6.27. The van der Waals surface area contributed by atoms with E-state index < -0.39 is 0 Å². The van der Waals surface area contributed by atoms with E-state index in [1.165, 1.54) is 10.7 Å². The molecule has 0 aliphatic rings. The molecular weight excluding hydrogens is 261 g/mol. The van der Waals surface area contributed by atoms with Gasteiger partial charge >= 0.3 is 0 Å². The highest BCUT2D eigenvalue weighted by molar-refractivity contribution is 5.91. The lowest BCUT2D eigenvalue weighted by Gasteiger charge is -2.01. The largest absolute Gasteiger partial charge is 0.396 e. The minimum atomic E-state index is -0.311. The number of aliphatic hydroxyl groups excluding tert-OH is 1. The minimum absolute atomic E-state index is 0.0146. The van der Waals surface area contributed by atoms with Gasteiger partial charge in [-0.1, -0.05) is 0 Å². The van der Waals surface area contributed by atoms with Gasteiger partial charge in [-0.25, -0.2) is 9.07 Å². The van der Waals surface area contributed by atoms with Crippen molar-refractivity contribution < 1.29 is 14.3 Å². The molecule has 0 spiro atoms. The zero-order chi connectivity index (χ0) is 14.7. The number of anilines is 1. The standard InChI is InChI=1S/C14H16FN3O2/c1-9-7-10(3-4-12(9)15)13-11(8-20)14(16)18(17-13)5-2-6-19/h3-4,7-8,19H,2,5-6,16H2,1H3. The number of aromatic nitrogens is 2. The molecule has 20 heavy (non-hydrogen) atoms. The number of rotatable bonds is 5. The molecule has 1 aromatic heterocycles. The van der Waals surface area contributed by atoms with Crippen LogP contribution in [0.4, 0.5) is 10.2 Å². The number of carbonyl (C=O) groups is 1. The summed E-state index contributed by atoms with van der Waals surface area (Å²) in [5.74, 6) is -0.0560. The van der Waals surface area contributed by atoms with Crippen molar-refractivity contribution in [3.8, 4) is 11.3 Å². The zero-order valence-corrected chi connectivity index (χ0v) is 11.1. The van der Waals surface area contributed by atoms with E-state index in [2.05, 4.69) is 5.10 Å². The Hall–Kier alpha value is -2.21. The van der Waals surface area contributed by atoms with Crippen molar-refractivity contribution in [2.24, 2.45) is 0 Å². The van der Waals surface area contributed by atoms with Gasteiger partial charge in [-0.05, 0) is 37.1 Å². The fourth-order valence-corrected chi connectivity index (χ4v) is 2.00. The molecule has 106 valence electrons. The van der Waals surface area contributed by atoms with E-state index in [1.807, 2.05) is 0 Å². The highest BCUT2D eigenvalue weighted by Crippen LogP contribution is 2.27. The predicted molar refractivity (Wildman–Crippen MR) is 73.9 cm³/mol. The third-order valence-corrected chi connectivity index (χ3v) is 3.11. The number of nitrogens with two attached hydrogens (primary N) is 1. The van der Waals surface area contributed by atoms with E-state index in [-0.39, 0.29) is 23.8 Å². The fourth-order valence-electron chi connectivity index (χ4n) is 2.00. The Kier molecular flexibility index (Phi) is 4.14. The van der Waals surface area contributed by atoms with Crippen molar-refractivity contribution in [2.75, 3.05) is 12.3 Å². The van der Waals surface area contributed by atoms with Crippen LogP contribution in [-0.2, 0) is 6.54 Å². The van der Waals surface area contributed by atoms with Gasteiger partial charge in [0.2, 0.25) is 0 Å². The van der Waals surface area contributed by atoms with Crippen LogP contribution in [-0.4, -0.2) is 27.8 Å². The van der Waals surface area contributed by atoms with Gasteiger partial charge in [0.25, 0.3) is 0 Å². The molecule has 0 radical (unpaired) electrons. The van der Waals surface area contributed by atoms with Crippen LogP contribution >= 0.6 is 0 Å². The molecule has 0 amide bonds. The summed E-state index contributed by atoms with van der Waals surface area (Å²) in [5, 5.41) is 13.1. The van der Waals surface area contributed by atoms with Crippen LogP contribution in [0.25, 0.3) is 11.3 Å². The van der Waals surface area contributed by atoms with E-state index in [9.17, 15) is 9.18 Å². The number of aliphatic hydroxyl groups is 1. The van der Waals surface area contributed by atoms with Gasteiger partial charge in [0.05, 0.1) is 5.56 Å². The first-order chi connectivity index (χ1) is 9.58. The van der Waals surface area contributed by atoms with Gasteiger partial charge in [-0.2, -0.15) is 5.10 Å². The van der Waals surface area contributed by atoms with Gasteiger partial charge in [0, 0.05) is 18.7 Å². The van der Waals surface area contributed by atoms with Crippen molar-refractivity contribution in [2.45, 2.75) is 19.9 Å². The third-order valence-electron chi connectivity index (χ3n) is 3.11. The quantitative estimate of drug-likeness (QED) is 0.816. The Bertz CT molecular complexity index is 638. The van der Waals surface area contributed by atoms with Crippen molar-refractivity contribution >= 4 is 12.1 Å². The highest BCUT2D eigenvalue weighted by Gasteiger charge is 2.17. The van der Waals surface area contributed by atoms with Crippen LogP contribution in [0.3, 0.4) is 0 Å². The normalized spacial score (nSPS) is 10.8. The molecule has 5 nitrogen and oxygen atoms in total. The monoisotopic (exact) mass is 277 g/mol. The molecule has 0 aliphatic carbocycles. The number of aldehydes is 1. The molecule has 2 rings (SSSR count). The van der Waals surface area contributed by atoms with Crippen LogP contribution in [0.1, 0.15) is 22.3 Å². The second-order valence-corrected chi connectivity index (χ2v) is 4.53. The first kappa shape index (κ1) is 14.2. The van der Waals surface area contributed by atoms with Crippen LogP contribution in [0.2, 0.25) is 0 Å². The molecule has 0 bridgehead atoms. The smallest absolute Gasteiger partial charge is 0.156 e. The maximum Gasteiger partial charge on any atom is 0.156 e. The lowest BCUT2D eigenvalue weighted by atomic mass is 10.1. The second-order valence-electron chi connectivity index (χ2n) is 4.53. The molecule has 1 heterocycles. The lowest BCUT2D eigenvalue weighted by molar-refractivity contribution is 0.112. The first-order valence-corrected chi connectivity index (χ1v) is 6.27. The lowest BCUT2D eigenvalue weighted by Crippen LogP contribution is -2.06. The Morgan fingerprint density at radius 2 is 2.25 bits per heavy atom. The molecule has 3 N–H and O–H groups in total. The Morgan fingerprint density at radius 3 is 2.85 bits per heavy atom. The average molecular weight is 277 g/mol. The second kappa shape index (κ2) is 5.83. The van der Waals surface area contributed by atoms with E-state index in [1.54, 1.807) is 19.1 Å². The Morgan fingerprint density at radius 1 is 1.50 bits per heavy atom. The Labute approximate surface area is 115 Å². The number of hydrogen-bond donors (Lipinski definition) is 2. The van der Waals surface area contributed by atoms with Crippen molar-refractivity contribution in [3.05, 3.63) is 35.1 Å². The number of hydrogen-bond acceptors (Lipinski definition) is 4. The minimum Gasteiger partial charge on any atom is -0.396 e. The van der Waals surface area contributed by atoms with E-state index in [0.717, 1.165) is 0 Å². The summed E-state index contributed by atoms with van der Waals surface area (Å²) < 4.78 is 14.8. The maximum absolute atomic E-state index is 13.3. The summed E-state index contributed by atoms with van der Waals surface area (Å²) in [5.41, 5.74) is 7.70. The SMILES string of the molecule is Cc1cc(-c2nn(CCCO)c(N)c2C=O)ccc1F. The molecule has 0 atom stereocenters. The van der Waals surface area contributed by atoms with Crippen molar-refractivity contribution in [3.63, 3.8) is 0 Å².